The van der Waals surface area contributed by atoms with Crippen LogP contribution in [0.4, 0.5) is 37.7 Å². The first-order valence-electron chi connectivity index (χ1n) is 13.5. The van der Waals surface area contributed by atoms with Crippen LogP contribution in [0.25, 0.3) is 11.1 Å². The van der Waals surface area contributed by atoms with Crippen molar-refractivity contribution in [3.63, 3.8) is 0 Å². The van der Waals surface area contributed by atoms with Crippen LogP contribution in [0.3, 0.4) is 0 Å². The molecule has 0 aliphatic carbocycles. The van der Waals surface area contributed by atoms with E-state index in [9.17, 15) is 45.0 Å². The number of alkyl halides is 5. The van der Waals surface area contributed by atoms with Crippen molar-refractivity contribution in [2.45, 2.75) is 29.3 Å². The van der Waals surface area contributed by atoms with Gasteiger partial charge in [-0.3, -0.25) is 9.21 Å². The molecule has 1 atom stereocenters. The molecule has 2 aliphatic heterocycles. The Morgan fingerprint density at radius 3 is 2.33 bits per heavy atom. The topological polar surface area (TPSA) is 93.6 Å². The van der Waals surface area contributed by atoms with Gasteiger partial charge < -0.3 is 19.8 Å². The molecule has 15 heteroatoms. The largest absolute Gasteiger partial charge is 0.435 e. The average molecular weight is 656 g/mol. The van der Waals surface area contributed by atoms with Crippen molar-refractivity contribution >= 4 is 21.4 Å². The molecule has 45 heavy (non-hydrogen) atoms. The molecule has 3 aromatic carbocycles. The highest BCUT2D eigenvalue weighted by atomic mass is 32.2. The summed E-state index contributed by atoms with van der Waals surface area (Å²) in [5, 5.41) is 20.0. The molecular weight excluding hydrogens is 628 g/mol. The van der Waals surface area contributed by atoms with Crippen LogP contribution >= 0.6 is 0 Å². The number of nitrogens with zero attached hydrogens (tertiary/aromatic N) is 3. The number of ether oxygens (including phenoxy) is 1. The summed E-state index contributed by atoms with van der Waals surface area (Å²) >= 11 is 0. The Bertz CT molecular complexity index is 1730. The maximum atomic E-state index is 14.4. The Morgan fingerprint density at radius 1 is 0.956 bits per heavy atom. The smallest absolute Gasteiger partial charge is 0.416 e. The summed E-state index contributed by atoms with van der Waals surface area (Å²) in [7, 11) is -4.66. The number of sulfonamides is 1. The third-order valence-electron chi connectivity index (χ3n) is 7.99. The molecule has 240 valence electrons. The minimum atomic E-state index is -4.82. The van der Waals surface area contributed by atoms with Gasteiger partial charge in [-0.2, -0.15) is 22.0 Å². The summed E-state index contributed by atoms with van der Waals surface area (Å²) in [6.07, 6.45) is 0.827. The lowest BCUT2D eigenvalue weighted by atomic mass is 9.95. The number of fused-ring (bicyclic) bond motifs is 3. The zero-order valence-electron chi connectivity index (χ0n) is 23.4. The van der Waals surface area contributed by atoms with Crippen LogP contribution in [0.2, 0.25) is 0 Å². The fourth-order valence-electron chi connectivity index (χ4n) is 5.67. The summed E-state index contributed by atoms with van der Waals surface area (Å²) in [5.74, 6) is 1.06. The summed E-state index contributed by atoms with van der Waals surface area (Å²) in [6, 6.07) is 10.1. The molecule has 0 spiro atoms. The zero-order valence-corrected chi connectivity index (χ0v) is 24.2. The monoisotopic (exact) mass is 655 g/mol. The van der Waals surface area contributed by atoms with E-state index in [1.54, 1.807) is 11.0 Å². The van der Waals surface area contributed by atoms with Gasteiger partial charge in [0.2, 0.25) is 0 Å². The quantitative estimate of drug-likeness (QED) is 0.278. The van der Waals surface area contributed by atoms with E-state index < -0.39 is 69.6 Å². The van der Waals surface area contributed by atoms with E-state index >= 15 is 0 Å². The van der Waals surface area contributed by atoms with Crippen LogP contribution in [0.1, 0.15) is 5.56 Å². The van der Waals surface area contributed by atoms with Crippen LogP contribution in [-0.4, -0.2) is 81.1 Å². The number of terminal acetylenes is 1. The molecule has 0 amide bonds. The van der Waals surface area contributed by atoms with Gasteiger partial charge in [-0.15, -0.1) is 6.42 Å². The second-order valence-corrected chi connectivity index (χ2v) is 12.5. The molecule has 5 rings (SSSR count). The predicted octanol–water partition coefficient (Wildman–Crippen LogP) is 4.17. The Balaban J connectivity index is 1.64. The number of aliphatic hydroxyl groups is 2. The van der Waals surface area contributed by atoms with E-state index in [0.717, 1.165) is 40.7 Å². The van der Waals surface area contributed by atoms with E-state index in [1.165, 1.54) is 12.1 Å². The number of aliphatic hydroxyl groups excluding tert-OH is 2. The standard InChI is InChI=1S/C30H27F6N3O5S/c1-2-29(17-40,18-41)37-8-9-38-23(15-37)16-39(45(42,43)25-5-3-4-21(13-25)30(34,35)36)27-12-19(6-7-26(27)38)20-10-22(31)14-24(11-20)44-28(32)33/h1,3-7,10-14,23,28,40-41H,8-9,15-18H2/t23-/m0/s1. The number of halogens is 6. The molecular formula is C30H27F6N3O5S. The van der Waals surface area contributed by atoms with E-state index in [4.69, 9.17) is 6.42 Å². The number of rotatable bonds is 8. The van der Waals surface area contributed by atoms with Crippen LogP contribution in [0.15, 0.2) is 65.6 Å². The van der Waals surface area contributed by atoms with E-state index in [2.05, 4.69) is 10.7 Å². The molecule has 2 heterocycles. The van der Waals surface area contributed by atoms with Gasteiger partial charge in [0.25, 0.3) is 10.0 Å². The SMILES string of the molecule is C#CC(CO)(CO)N1CCN2c3ccc(-c4cc(F)cc(OC(F)F)c4)cc3N(S(=O)(=O)c3cccc(C(F)(F)F)c3)C[C@@H]2C1. The highest BCUT2D eigenvalue weighted by Crippen LogP contribution is 2.43. The Labute approximate surface area is 255 Å². The Hall–Kier alpha value is -3.97. The van der Waals surface area contributed by atoms with Crippen molar-refractivity contribution in [1.82, 2.24) is 4.90 Å². The third-order valence-corrected chi connectivity index (χ3v) is 9.76. The van der Waals surface area contributed by atoms with Gasteiger partial charge in [-0.25, -0.2) is 12.8 Å². The highest BCUT2D eigenvalue weighted by molar-refractivity contribution is 7.92. The van der Waals surface area contributed by atoms with Crippen molar-refractivity contribution in [1.29, 1.82) is 0 Å². The van der Waals surface area contributed by atoms with Gasteiger partial charge in [-0.05, 0) is 53.6 Å². The minimum absolute atomic E-state index is 0.0581. The molecule has 0 saturated carbocycles. The predicted molar refractivity (Wildman–Crippen MR) is 153 cm³/mol. The van der Waals surface area contributed by atoms with Gasteiger partial charge in [0.05, 0.1) is 47.6 Å². The normalized spacial score (nSPS) is 17.6. The van der Waals surface area contributed by atoms with Crippen molar-refractivity contribution < 1.29 is 49.7 Å². The average Bonchev–Trinajstić information content (AvgIpc) is 3.00. The van der Waals surface area contributed by atoms with Gasteiger partial charge in [-0.1, -0.05) is 18.1 Å². The number of hydrogen-bond acceptors (Lipinski definition) is 7. The molecule has 2 N–H and O–H groups in total. The van der Waals surface area contributed by atoms with Crippen LogP contribution in [-0.2, 0) is 16.2 Å². The lowest BCUT2D eigenvalue weighted by molar-refractivity contribution is -0.137. The molecule has 0 radical (unpaired) electrons. The molecule has 0 bridgehead atoms. The van der Waals surface area contributed by atoms with Crippen LogP contribution in [0.5, 0.6) is 5.75 Å². The second kappa shape index (κ2) is 12.1. The van der Waals surface area contributed by atoms with Crippen LogP contribution < -0.4 is 13.9 Å². The third kappa shape index (κ3) is 6.15. The molecule has 8 nitrogen and oxygen atoms in total. The molecule has 2 aliphatic rings. The summed E-state index contributed by atoms with van der Waals surface area (Å²) in [6.45, 7) is -4.04. The van der Waals surface area contributed by atoms with Gasteiger partial charge in [0, 0.05) is 25.7 Å². The van der Waals surface area contributed by atoms with Crippen molar-refractivity contribution in [3.05, 3.63) is 72.0 Å². The maximum absolute atomic E-state index is 14.4. The zero-order chi connectivity index (χ0) is 32.7. The Morgan fingerprint density at radius 2 is 1.69 bits per heavy atom. The molecule has 1 fully saturated rings. The molecule has 0 unspecified atom stereocenters. The fourth-order valence-corrected chi connectivity index (χ4v) is 7.23. The molecule has 3 aromatic rings. The molecule has 0 aromatic heterocycles. The van der Waals surface area contributed by atoms with Gasteiger partial charge in [0.15, 0.2) is 0 Å². The first-order chi connectivity index (χ1) is 21.2. The first-order valence-corrected chi connectivity index (χ1v) is 15.0. The van der Waals surface area contributed by atoms with E-state index in [1.807, 2.05) is 4.90 Å². The van der Waals surface area contributed by atoms with E-state index in [0.29, 0.717) is 11.8 Å². The minimum Gasteiger partial charge on any atom is -0.435 e. The number of piperazine rings is 1. The van der Waals surface area contributed by atoms with Crippen LogP contribution in [0, 0.1) is 18.2 Å². The number of hydrogen-bond donors (Lipinski definition) is 2. The first kappa shape index (κ1) is 32.4. The Kier molecular flexibility index (Phi) is 8.71. The highest BCUT2D eigenvalue weighted by Gasteiger charge is 2.45. The van der Waals surface area contributed by atoms with Crippen molar-refractivity contribution in [2.75, 3.05) is 48.6 Å². The van der Waals surface area contributed by atoms with Gasteiger partial charge >= 0.3 is 12.8 Å². The lowest BCUT2D eigenvalue weighted by Crippen LogP contribution is -2.66. The van der Waals surface area contributed by atoms with Crippen molar-refractivity contribution in [2.24, 2.45) is 0 Å². The lowest BCUT2D eigenvalue weighted by Gasteiger charge is -2.52. The van der Waals surface area contributed by atoms with Gasteiger partial charge in [0.1, 0.15) is 17.1 Å². The summed E-state index contributed by atoms with van der Waals surface area (Å²) < 4.78 is 114. The number of benzene rings is 3. The molecule has 1 saturated heterocycles. The van der Waals surface area contributed by atoms with E-state index in [-0.39, 0.29) is 43.0 Å². The fraction of sp³-hybridized carbons (Fsp3) is 0.333. The summed E-state index contributed by atoms with van der Waals surface area (Å²) in [5.41, 5.74) is -1.86. The number of anilines is 2. The second-order valence-electron chi connectivity index (χ2n) is 10.6. The summed E-state index contributed by atoms with van der Waals surface area (Å²) in [4.78, 5) is 2.90. The van der Waals surface area contributed by atoms with Crippen molar-refractivity contribution in [3.8, 4) is 29.2 Å². The maximum Gasteiger partial charge on any atom is 0.416 e.